The molecule has 2 aromatic carbocycles. The Kier molecular flexibility index (Phi) is 2.80. The van der Waals surface area contributed by atoms with Crippen molar-refractivity contribution in [2.45, 2.75) is 6.92 Å². The van der Waals surface area contributed by atoms with Gasteiger partial charge in [-0.15, -0.1) is 0 Å². The summed E-state index contributed by atoms with van der Waals surface area (Å²) in [4.78, 5) is 0. The molecule has 0 aliphatic carbocycles. The van der Waals surface area contributed by atoms with Crippen molar-refractivity contribution in [2.75, 3.05) is 0 Å². The van der Waals surface area contributed by atoms with E-state index in [4.69, 9.17) is 18.0 Å². The zero-order valence-electron chi connectivity index (χ0n) is 10.5. The van der Waals surface area contributed by atoms with Crippen LogP contribution >= 0.6 is 12.2 Å². The molecule has 0 amide bonds. The molecule has 1 heterocycles. The first-order chi connectivity index (χ1) is 9.16. The van der Waals surface area contributed by atoms with Crippen LogP contribution in [0.3, 0.4) is 0 Å². The number of rotatable bonds is 1. The summed E-state index contributed by atoms with van der Waals surface area (Å²) in [5, 5.41) is 5.85. The van der Waals surface area contributed by atoms with E-state index in [9.17, 15) is 0 Å². The fourth-order valence-electron chi connectivity index (χ4n) is 2.16. The van der Waals surface area contributed by atoms with Crippen LogP contribution in [0.4, 0.5) is 0 Å². The first kappa shape index (κ1) is 11.9. The molecule has 0 radical (unpaired) electrons. The molecular formula is C15H13N3S. The summed E-state index contributed by atoms with van der Waals surface area (Å²) in [5.41, 5.74) is 9.86. The van der Waals surface area contributed by atoms with Crippen molar-refractivity contribution in [3.63, 3.8) is 0 Å². The van der Waals surface area contributed by atoms with Crippen LogP contribution in [0.25, 0.3) is 22.2 Å². The number of aryl methyl sites for hydroxylation is 1. The molecule has 3 nitrogen and oxygen atoms in total. The van der Waals surface area contributed by atoms with Gasteiger partial charge in [0.25, 0.3) is 0 Å². The molecule has 1 aromatic heterocycles. The van der Waals surface area contributed by atoms with Gasteiger partial charge in [0.2, 0.25) is 0 Å². The minimum Gasteiger partial charge on any atom is -0.374 e. The number of fused-ring (bicyclic) bond motifs is 1. The lowest BCUT2D eigenvalue weighted by Gasteiger charge is -1.98. The monoisotopic (exact) mass is 267 g/mol. The normalized spacial score (nSPS) is 10.8. The summed E-state index contributed by atoms with van der Waals surface area (Å²) < 4.78 is 1.61. The highest BCUT2D eigenvalue weighted by atomic mass is 32.1. The Balaban J connectivity index is 2.29. The van der Waals surface area contributed by atoms with Crippen LogP contribution in [-0.4, -0.2) is 14.9 Å². The summed E-state index contributed by atoms with van der Waals surface area (Å²) in [6, 6.07) is 16.2. The number of thiocarbonyl (C=S) groups is 1. The Hall–Kier alpha value is -2.20. The molecule has 0 atom stereocenters. The third kappa shape index (κ3) is 2.00. The molecule has 3 rings (SSSR count). The molecule has 0 aliphatic rings. The van der Waals surface area contributed by atoms with E-state index in [0.717, 1.165) is 22.2 Å². The van der Waals surface area contributed by atoms with E-state index in [2.05, 4.69) is 36.3 Å². The SMILES string of the molecule is Cc1ccc(-c2nn(C(N)=S)c3ccccc23)cc1. The average molecular weight is 267 g/mol. The zero-order valence-corrected chi connectivity index (χ0v) is 11.3. The molecule has 2 N–H and O–H groups in total. The highest BCUT2D eigenvalue weighted by Gasteiger charge is 2.12. The Labute approximate surface area is 116 Å². The van der Waals surface area contributed by atoms with Crippen LogP contribution in [0.5, 0.6) is 0 Å². The van der Waals surface area contributed by atoms with Crippen LogP contribution in [0.1, 0.15) is 5.56 Å². The van der Waals surface area contributed by atoms with Crippen molar-refractivity contribution in [3.8, 4) is 11.3 Å². The minimum absolute atomic E-state index is 0.259. The largest absolute Gasteiger partial charge is 0.374 e. The van der Waals surface area contributed by atoms with Crippen molar-refractivity contribution >= 4 is 28.2 Å². The molecule has 19 heavy (non-hydrogen) atoms. The maximum Gasteiger partial charge on any atom is 0.191 e. The highest BCUT2D eigenvalue weighted by molar-refractivity contribution is 7.80. The number of aromatic nitrogens is 2. The number of hydrogen-bond acceptors (Lipinski definition) is 2. The maximum absolute atomic E-state index is 5.73. The van der Waals surface area contributed by atoms with Crippen molar-refractivity contribution in [2.24, 2.45) is 5.73 Å². The highest BCUT2D eigenvalue weighted by Crippen LogP contribution is 2.27. The smallest absolute Gasteiger partial charge is 0.191 e. The van der Waals surface area contributed by atoms with Crippen LogP contribution in [0, 0.1) is 6.92 Å². The first-order valence-electron chi connectivity index (χ1n) is 6.01. The zero-order chi connectivity index (χ0) is 13.4. The minimum atomic E-state index is 0.259. The second-order valence-electron chi connectivity index (χ2n) is 4.48. The van der Waals surface area contributed by atoms with Crippen LogP contribution < -0.4 is 5.73 Å². The van der Waals surface area contributed by atoms with E-state index in [1.807, 2.05) is 24.3 Å². The Morgan fingerprint density at radius 2 is 1.79 bits per heavy atom. The third-order valence-electron chi connectivity index (χ3n) is 3.12. The van der Waals surface area contributed by atoms with Gasteiger partial charge in [-0.05, 0) is 25.2 Å². The summed E-state index contributed by atoms with van der Waals surface area (Å²) in [7, 11) is 0. The Morgan fingerprint density at radius 3 is 2.47 bits per heavy atom. The van der Waals surface area contributed by atoms with Gasteiger partial charge in [-0.1, -0.05) is 48.0 Å². The fourth-order valence-corrected chi connectivity index (χ4v) is 2.30. The van der Waals surface area contributed by atoms with E-state index in [1.54, 1.807) is 4.68 Å². The Morgan fingerprint density at radius 1 is 1.11 bits per heavy atom. The van der Waals surface area contributed by atoms with E-state index in [0.29, 0.717) is 0 Å². The second-order valence-corrected chi connectivity index (χ2v) is 4.90. The molecule has 0 bridgehead atoms. The summed E-state index contributed by atoms with van der Waals surface area (Å²) in [6.07, 6.45) is 0. The van der Waals surface area contributed by atoms with Gasteiger partial charge in [-0.3, -0.25) is 0 Å². The van der Waals surface area contributed by atoms with Crippen LogP contribution in [0.2, 0.25) is 0 Å². The van der Waals surface area contributed by atoms with Gasteiger partial charge in [0, 0.05) is 10.9 Å². The van der Waals surface area contributed by atoms with Crippen LogP contribution in [-0.2, 0) is 0 Å². The van der Waals surface area contributed by atoms with Gasteiger partial charge in [-0.25, -0.2) is 4.68 Å². The van der Waals surface area contributed by atoms with Crippen molar-refractivity contribution in [1.29, 1.82) is 0 Å². The topological polar surface area (TPSA) is 43.8 Å². The summed E-state index contributed by atoms with van der Waals surface area (Å²) in [6.45, 7) is 2.06. The average Bonchev–Trinajstić information content (AvgIpc) is 2.79. The number of nitrogens with two attached hydrogens (primary N) is 1. The molecule has 0 spiro atoms. The van der Waals surface area contributed by atoms with E-state index in [-0.39, 0.29) is 5.11 Å². The molecule has 4 heteroatoms. The van der Waals surface area contributed by atoms with E-state index >= 15 is 0 Å². The van der Waals surface area contributed by atoms with Crippen molar-refractivity contribution < 1.29 is 0 Å². The maximum atomic E-state index is 5.73. The molecule has 0 fully saturated rings. The molecule has 0 saturated carbocycles. The molecule has 0 aliphatic heterocycles. The first-order valence-corrected chi connectivity index (χ1v) is 6.42. The Bertz CT molecular complexity index is 757. The van der Waals surface area contributed by atoms with E-state index in [1.165, 1.54) is 5.56 Å². The fraction of sp³-hybridized carbons (Fsp3) is 0.0667. The van der Waals surface area contributed by atoms with Crippen molar-refractivity contribution in [3.05, 3.63) is 54.1 Å². The predicted molar refractivity (Wildman–Crippen MR) is 82.1 cm³/mol. The number of para-hydroxylation sites is 1. The molecule has 94 valence electrons. The van der Waals surface area contributed by atoms with Crippen LogP contribution in [0.15, 0.2) is 48.5 Å². The van der Waals surface area contributed by atoms with Gasteiger partial charge < -0.3 is 5.73 Å². The van der Waals surface area contributed by atoms with Gasteiger partial charge in [0.05, 0.1) is 5.52 Å². The molecule has 3 aromatic rings. The van der Waals surface area contributed by atoms with Gasteiger partial charge in [0.15, 0.2) is 5.11 Å². The van der Waals surface area contributed by atoms with Crippen molar-refractivity contribution in [1.82, 2.24) is 9.78 Å². The molecular weight excluding hydrogens is 254 g/mol. The lowest BCUT2D eigenvalue weighted by Crippen LogP contribution is -2.20. The standard InChI is InChI=1S/C15H13N3S/c1-10-6-8-11(9-7-10)14-12-4-2-3-5-13(12)18(17-14)15(16)19/h2-9H,1H3,(H2,16,19). The summed E-state index contributed by atoms with van der Waals surface area (Å²) in [5.74, 6) is 0. The third-order valence-corrected chi connectivity index (χ3v) is 3.29. The number of nitrogens with zero attached hydrogens (tertiary/aromatic N) is 2. The van der Waals surface area contributed by atoms with Gasteiger partial charge in [-0.2, -0.15) is 5.10 Å². The quantitative estimate of drug-likeness (QED) is 0.689. The molecule has 0 saturated heterocycles. The van der Waals surface area contributed by atoms with E-state index < -0.39 is 0 Å². The molecule has 0 unspecified atom stereocenters. The van der Waals surface area contributed by atoms with Gasteiger partial charge >= 0.3 is 0 Å². The lowest BCUT2D eigenvalue weighted by molar-refractivity contribution is 0.975. The lowest BCUT2D eigenvalue weighted by atomic mass is 10.1. The predicted octanol–water partition coefficient (Wildman–Crippen LogP) is 3.10. The number of hydrogen-bond donors (Lipinski definition) is 1. The number of benzene rings is 2. The second kappa shape index (κ2) is 4.48. The summed E-state index contributed by atoms with van der Waals surface area (Å²) >= 11 is 5.05. The van der Waals surface area contributed by atoms with Gasteiger partial charge in [0.1, 0.15) is 5.69 Å².